The van der Waals surface area contributed by atoms with Crippen LogP contribution in [-0.2, 0) is 5.75 Å². The number of aromatic nitrogens is 2. The van der Waals surface area contributed by atoms with Gasteiger partial charge in [-0.1, -0.05) is 71.9 Å². The molecule has 0 bridgehead atoms. The Hall–Kier alpha value is -3.74. The summed E-state index contributed by atoms with van der Waals surface area (Å²) in [6.07, 6.45) is 3.46. The maximum atomic E-state index is 14.0. The predicted molar refractivity (Wildman–Crippen MR) is 144 cm³/mol. The number of rotatable bonds is 6. The van der Waals surface area contributed by atoms with Gasteiger partial charge in [-0.2, -0.15) is 0 Å². The Kier molecular flexibility index (Phi) is 6.98. The maximum Gasteiger partial charge on any atom is 0.266 e. The van der Waals surface area contributed by atoms with E-state index in [1.165, 1.54) is 34.5 Å². The minimum absolute atomic E-state index is 0.206. The van der Waals surface area contributed by atoms with E-state index in [9.17, 15) is 13.6 Å². The van der Waals surface area contributed by atoms with E-state index in [1.807, 2.05) is 30.3 Å². The molecule has 0 saturated heterocycles. The summed E-state index contributed by atoms with van der Waals surface area (Å²) >= 11 is 7.51. The number of thioether (sulfide) groups is 1. The third-order valence-electron chi connectivity index (χ3n) is 5.62. The molecule has 5 rings (SSSR count). The van der Waals surface area contributed by atoms with Gasteiger partial charge in [0, 0.05) is 11.3 Å². The smallest absolute Gasteiger partial charge is 0.266 e. The Balaban J connectivity index is 1.40. The first kappa shape index (κ1) is 24.0. The van der Waals surface area contributed by atoms with E-state index < -0.39 is 0 Å². The molecule has 1 aromatic heterocycles. The lowest BCUT2D eigenvalue weighted by molar-refractivity contribution is 0.625. The molecular weight excluding hydrogens is 498 g/mol. The lowest BCUT2D eigenvalue weighted by Gasteiger charge is -2.13. The van der Waals surface area contributed by atoms with Crippen molar-refractivity contribution >= 4 is 46.4 Å². The van der Waals surface area contributed by atoms with E-state index in [1.54, 1.807) is 54.6 Å². The Bertz CT molecular complexity index is 1610. The van der Waals surface area contributed by atoms with Crippen molar-refractivity contribution in [3.05, 3.63) is 135 Å². The summed E-state index contributed by atoms with van der Waals surface area (Å²) in [5.74, 6) is -0.183. The molecule has 0 aliphatic carbocycles. The molecule has 0 atom stereocenters. The van der Waals surface area contributed by atoms with Crippen LogP contribution in [0.1, 0.15) is 16.7 Å². The molecule has 178 valence electrons. The Morgan fingerprint density at radius 3 is 2.36 bits per heavy atom. The Labute approximate surface area is 215 Å². The fourth-order valence-corrected chi connectivity index (χ4v) is 4.94. The molecule has 0 aliphatic rings. The van der Waals surface area contributed by atoms with Gasteiger partial charge in [0.05, 0.1) is 21.6 Å². The van der Waals surface area contributed by atoms with Crippen molar-refractivity contribution in [3.8, 4) is 5.69 Å². The highest BCUT2D eigenvalue weighted by molar-refractivity contribution is 7.98. The van der Waals surface area contributed by atoms with Crippen molar-refractivity contribution in [2.75, 3.05) is 0 Å². The highest BCUT2D eigenvalue weighted by Crippen LogP contribution is 2.26. The summed E-state index contributed by atoms with van der Waals surface area (Å²) in [5, 5.41) is 1.37. The van der Waals surface area contributed by atoms with Gasteiger partial charge in [0.25, 0.3) is 5.56 Å². The van der Waals surface area contributed by atoms with Gasteiger partial charge in [-0.15, -0.1) is 0 Å². The number of nitrogens with zero attached hydrogens (tertiary/aromatic N) is 2. The van der Waals surface area contributed by atoms with Gasteiger partial charge in [0.15, 0.2) is 5.16 Å². The van der Waals surface area contributed by atoms with Crippen molar-refractivity contribution in [1.29, 1.82) is 0 Å². The van der Waals surface area contributed by atoms with Crippen LogP contribution < -0.4 is 5.56 Å². The number of halogens is 3. The molecule has 36 heavy (non-hydrogen) atoms. The molecule has 0 radical (unpaired) electrons. The molecule has 0 fully saturated rings. The van der Waals surface area contributed by atoms with Crippen LogP contribution in [0.15, 0.2) is 101 Å². The van der Waals surface area contributed by atoms with Gasteiger partial charge >= 0.3 is 0 Å². The molecular formula is C29H19ClF2N2OS. The summed E-state index contributed by atoms with van der Waals surface area (Å²) in [7, 11) is 0. The molecule has 0 saturated carbocycles. The van der Waals surface area contributed by atoms with E-state index in [-0.39, 0.29) is 17.2 Å². The molecule has 3 nitrogen and oxygen atoms in total. The zero-order chi connectivity index (χ0) is 25.1. The van der Waals surface area contributed by atoms with Gasteiger partial charge in [0.1, 0.15) is 11.6 Å². The van der Waals surface area contributed by atoms with Crippen LogP contribution in [0.5, 0.6) is 0 Å². The summed E-state index contributed by atoms with van der Waals surface area (Å²) in [6, 6.07) is 25.4. The fourth-order valence-electron chi connectivity index (χ4n) is 3.75. The summed E-state index contributed by atoms with van der Waals surface area (Å²) < 4.78 is 29.0. The van der Waals surface area contributed by atoms with Crippen molar-refractivity contribution in [3.63, 3.8) is 0 Å². The van der Waals surface area contributed by atoms with E-state index in [2.05, 4.69) is 0 Å². The van der Waals surface area contributed by atoms with Crippen LogP contribution in [0.4, 0.5) is 8.78 Å². The van der Waals surface area contributed by atoms with Crippen LogP contribution in [0.2, 0.25) is 5.02 Å². The van der Waals surface area contributed by atoms with Gasteiger partial charge in [0.2, 0.25) is 0 Å². The van der Waals surface area contributed by atoms with Crippen LogP contribution in [0, 0.1) is 11.6 Å². The standard InChI is InChI=1S/C29H19ClF2N2OS/c30-25-5-3-6-26(32)23(25)17-12-19-8-10-20(11-9-19)18-36-29-33-27-7-2-1-4-24(27)28(35)34(29)22-15-13-21(31)14-16-22/h1-17H,18H2. The number of hydrogen-bond donors (Lipinski definition) is 0. The second kappa shape index (κ2) is 10.5. The second-order valence-electron chi connectivity index (χ2n) is 8.03. The Morgan fingerprint density at radius 1 is 0.861 bits per heavy atom. The van der Waals surface area contributed by atoms with Crippen LogP contribution in [-0.4, -0.2) is 9.55 Å². The van der Waals surface area contributed by atoms with Gasteiger partial charge in [-0.25, -0.2) is 13.8 Å². The van der Waals surface area contributed by atoms with Crippen LogP contribution in [0.3, 0.4) is 0 Å². The highest BCUT2D eigenvalue weighted by atomic mass is 35.5. The molecule has 7 heteroatoms. The van der Waals surface area contributed by atoms with Crippen LogP contribution in [0.25, 0.3) is 28.7 Å². The number of fused-ring (bicyclic) bond motifs is 1. The average Bonchev–Trinajstić information content (AvgIpc) is 2.89. The topological polar surface area (TPSA) is 34.9 Å². The quantitative estimate of drug-likeness (QED) is 0.131. The molecule has 0 N–H and O–H groups in total. The SMILES string of the molecule is O=c1c2ccccc2nc(SCc2ccc(C=Cc3c(F)cccc3Cl)cc2)n1-c1ccc(F)cc1. The van der Waals surface area contributed by atoms with E-state index in [4.69, 9.17) is 16.6 Å². The fraction of sp³-hybridized carbons (Fsp3) is 0.0345. The van der Waals surface area contributed by atoms with E-state index in [0.717, 1.165) is 11.1 Å². The lowest BCUT2D eigenvalue weighted by atomic mass is 10.1. The van der Waals surface area contributed by atoms with Crippen LogP contribution >= 0.6 is 23.4 Å². The first-order chi connectivity index (χ1) is 17.5. The highest BCUT2D eigenvalue weighted by Gasteiger charge is 2.13. The van der Waals surface area contributed by atoms with E-state index in [0.29, 0.717) is 38.1 Å². The maximum absolute atomic E-state index is 14.0. The predicted octanol–water partition coefficient (Wildman–Crippen LogP) is 7.78. The van der Waals surface area contributed by atoms with Gasteiger partial charge < -0.3 is 0 Å². The van der Waals surface area contributed by atoms with Crippen molar-refractivity contribution in [2.45, 2.75) is 10.9 Å². The molecule has 0 aliphatic heterocycles. The van der Waals surface area contributed by atoms with Gasteiger partial charge in [-0.3, -0.25) is 9.36 Å². The zero-order valence-electron chi connectivity index (χ0n) is 18.9. The molecule has 0 amide bonds. The van der Waals surface area contributed by atoms with Crippen molar-refractivity contribution < 1.29 is 8.78 Å². The minimum Gasteiger partial charge on any atom is -0.268 e. The molecule has 0 unspecified atom stereocenters. The lowest BCUT2D eigenvalue weighted by Crippen LogP contribution is -2.21. The van der Waals surface area contributed by atoms with Gasteiger partial charge in [-0.05, 0) is 65.7 Å². The zero-order valence-corrected chi connectivity index (χ0v) is 20.4. The third-order valence-corrected chi connectivity index (χ3v) is 6.96. The van der Waals surface area contributed by atoms with Crippen molar-refractivity contribution in [1.82, 2.24) is 9.55 Å². The molecule has 0 spiro atoms. The number of hydrogen-bond acceptors (Lipinski definition) is 3. The summed E-state index contributed by atoms with van der Waals surface area (Å²) in [5.41, 5.74) is 3.22. The van der Waals surface area contributed by atoms with Crippen molar-refractivity contribution in [2.24, 2.45) is 0 Å². The molecule has 1 heterocycles. The average molecular weight is 517 g/mol. The summed E-state index contributed by atoms with van der Waals surface area (Å²) in [4.78, 5) is 18.0. The summed E-state index contributed by atoms with van der Waals surface area (Å²) in [6.45, 7) is 0. The number of para-hydroxylation sites is 1. The first-order valence-electron chi connectivity index (χ1n) is 11.1. The minimum atomic E-state index is -0.374. The number of benzene rings is 4. The molecule has 5 aromatic rings. The first-order valence-corrected chi connectivity index (χ1v) is 12.5. The Morgan fingerprint density at radius 2 is 1.61 bits per heavy atom. The largest absolute Gasteiger partial charge is 0.268 e. The molecule has 4 aromatic carbocycles. The third kappa shape index (κ3) is 5.10. The second-order valence-corrected chi connectivity index (χ2v) is 9.38. The normalized spacial score (nSPS) is 11.4. The van der Waals surface area contributed by atoms with E-state index >= 15 is 0 Å². The monoisotopic (exact) mass is 516 g/mol.